The smallest absolute Gasteiger partial charge is 0.238 e. The molecule has 0 saturated heterocycles. The van der Waals surface area contributed by atoms with Gasteiger partial charge in [-0.2, -0.15) is 4.57 Å². The Morgan fingerprint density at radius 1 is 0.846 bits per heavy atom. The minimum Gasteiger partial charge on any atom is -0.867 e. The summed E-state index contributed by atoms with van der Waals surface area (Å²) in [6.07, 6.45) is 3.66. The monoisotopic (exact) mass is 360 g/mol. The fraction of sp³-hybridized carbons (Fsp3) is 0.0909. The molecule has 0 amide bonds. The van der Waals surface area contributed by atoms with Gasteiger partial charge in [-0.3, -0.25) is 0 Å². The van der Waals surface area contributed by atoms with E-state index in [0.717, 1.165) is 16.8 Å². The maximum Gasteiger partial charge on any atom is 0.238 e. The topological polar surface area (TPSA) is 39.0 Å². The van der Waals surface area contributed by atoms with Crippen LogP contribution in [0.5, 0.6) is 0 Å². The summed E-state index contributed by atoms with van der Waals surface area (Å²) in [5.74, 6) is -0.120. The van der Waals surface area contributed by atoms with Gasteiger partial charge in [-0.1, -0.05) is 66.8 Å². The summed E-state index contributed by atoms with van der Waals surface area (Å²) in [5, 5.41) is 16.4. The quantitative estimate of drug-likeness (QED) is 0.334. The molecule has 0 aliphatic heterocycles. The number of aryl methyl sites for hydroxylation is 2. The van der Waals surface area contributed by atoms with Crippen LogP contribution in [0.25, 0.3) is 11.5 Å². The largest absolute Gasteiger partial charge is 0.867 e. The van der Waals surface area contributed by atoms with Crippen molar-refractivity contribution in [2.75, 3.05) is 5.32 Å². The second kappa shape index (κ2) is 7.93. The van der Waals surface area contributed by atoms with E-state index in [9.17, 15) is 5.11 Å². The van der Waals surface area contributed by atoms with Gasteiger partial charge in [0, 0.05) is 17.8 Å². The molecule has 0 fully saturated rings. The maximum atomic E-state index is 13.2. The lowest BCUT2D eigenvalue weighted by Crippen LogP contribution is -2.39. The van der Waals surface area contributed by atoms with E-state index in [1.165, 1.54) is 0 Å². The normalized spacial score (nSPS) is 11.6. The van der Waals surface area contributed by atoms with Gasteiger partial charge in [0.05, 0.1) is 0 Å². The molecule has 0 aliphatic rings. The number of hydrogen-bond donors (Lipinski definition) is 1. The first-order valence-electron chi connectivity index (χ1n) is 8.39. The van der Waals surface area contributed by atoms with Gasteiger partial charge in [-0.05, 0) is 36.3 Å². The molecule has 0 aliphatic carbocycles. The molecule has 1 N–H and O–H groups in total. The molecule has 130 valence electrons. The van der Waals surface area contributed by atoms with Crippen LogP contribution >= 0.6 is 12.2 Å². The Labute approximate surface area is 159 Å². The van der Waals surface area contributed by atoms with E-state index in [4.69, 9.17) is 12.2 Å². The van der Waals surface area contributed by atoms with Crippen molar-refractivity contribution in [1.29, 1.82) is 0 Å². The molecule has 0 radical (unpaired) electrons. The van der Waals surface area contributed by atoms with Crippen molar-refractivity contribution in [2.24, 2.45) is 0 Å². The highest BCUT2D eigenvalue weighted by Crippen LogP contribution is 2.22. The Balaban J connectivity index is 2.08. The van der Waals surface area contributed by atoms with Crippen LogP contribution < -0.4 is 15.0 Å². The minimum absolute atomic E-state index is 0.120. The van der Waals surface area contributed by atoms with E-state index in [0.29, 0.717) is 16.2 Å². The molecule has 26 heavy (non-hydrogen) atoms. The highest BCUT2D eigenvalue weighted by molar-refractivity contribution is 7.81. The molecule has 0 saturated carbocycles. The summed E-state index contributed by atoms with van der Waals surface area (Å²) in [6, 6.07) is 20.9. The molecule has 0 spiro atoms. The fourth-order valence-corrected chi connectivity index (χ4v) is 3.10. The van der Waals surface area contributed by atoms with Crippen LogP contribution in [0.3, 0.4) is 0 Å². The first kappa shape index (κ1) is 17.8. The third kappa shape index (κ3) is 3.81. The van der Waals surface area contributed by atoms with Crippen molar-refractivity contribution < 1.29 is 9.67 Å². The summed E-state index contributed by atoms with van der Waals surface area (Å²) in [5.41, 5.74) is 4.13. The van der Waals surface area contributed by atoms with Crippen molar-refractivity contribution in [2.45, 2.75) is 13.8 Å². The Morgan fingerprint density at radius 3 is 2.04 bits per heavy atom. The number of thiocarbonyl (C=S) groups is 1. The van der Waals surface area contributed by atoms with Gasteiger partial charge in [-0.15, -0.1) is 0 Å². The van der Waals surface area contributed by atoms with Crippen molar-refractivity contribution >= 4 is 34.3 Å². The van der Waals surface area contributed by atoms with Crippen LogP contribution in [0.2, 0.25) is 0 Å². The molecule has 2 aromatic carbocycles. The van der Waals surface area contributed by atoms with Crippen molar-refractivity contribution in [3.63, 3.8) is 0 Å². The summed E-state index contributed by atoms with van der Waals surface area (Å²) >= 11 is 5.65. The molecule has 3 aromatic rings. The lowest BCUT2D eigenvalue weighted by molar-refractivity contribution is -0.577. The third-order valence-corrected chi connectivity index (χ3v) is 4.45. The highest BCUT2D eigenvalue weighted by Gasteiger charge is 2.19. The average Bonchev–Trinajstić information content (AvgIpc) is 2.66. The van der Waals surface area contributed by atoms with E-state index < -0.39 is 0 Å². The summed E-state index contributed by atoms with van der Waals surface area (Å²) in [4.78, 5) is 0.396. The van der Waals surface area contributed by atoms with Gasteiger partial charge in [0.1, 0.15) is 0 Å². The predicted octanol–water partition coefficient (Wildman–Crippen LogP) is 3.72. The van der Waals surface area contributed by atoms with Gasteiger partial charge >= 0.3 is 0 Å². The van der Waals surface area contributed by atoms with Crippen LogP contribution in [0, 0.1) is 13.8 Å². The zero-order valence-electron chi connectivity index (χ0n) is 14.8. The van der Waals surface area contributed by atoms with Crippen molar-refractivity contribution in [3.05, 3.63) is 95.8 Å². The second-order valence-corrected chi connectivity index (χ2v) is 6.46. The summed E-state index contributed by atoms with van der Waals surface area (Å²) in [6.45, 7) is 4.04. The molecule has 1 heterocycles. The zero-order chi connectivity index (χ0) is 18.5. The number of aromatic nitrogens is 1. The molecule has 3 rings (SSSR count). The Hall–Kier alpha value is -2.98. The Bertz CT molecular complexity index is 930. The summed E-state index contributed by atoms with van der Waals surface area (Å²) < 4.78 is 1.76. The fourth-order valence-electron chi connectivity index (χ4n) is 2.80. The number of para-hydroxylation sites is 1. The van der Waals surface area contributed by atoms with E-state index in [2.05, 4.69) is 5.32 Å². The standard InChI is InChI=1S/C22H20N2OS/c1-16-10-9-11-17(2)19(16)23-22(26)20(24-14-7-4-8-15-24)21(25)18-12-5-3-6-13-18/h3-15H,1-2H3,(H-,23,25,26). The van der Waals surface area contributed by atoms with Crippen LogP contribution in [0.1, 0.15) is 16.7 Å². The molecule has 4 heteroatoms. The summed E-state index contributed by atoms with van der Waals surface area (Å²) in [7, 11) is 0. The minimum atomic E-state index is -0.120. The molecule has 1 aromatic heterocycles. The first-order chi connectivity index (χ1) is 12.6. The van der Waals surface area contributed by atoms with Gasteiger partial charge < -0.3 is 10.4 Å². The SMILES string of the molecule is Cc1cccc(C)c1NC(=S)C(=C([O-])c1ccccc1)[n+]1ccccc1. The lowest BCUT2D eigenvalue weighted by atomic mass is 10.1. The predicted molar refractivity (Wildman–Crippen MR) is 108 cm³/mol. The zero-order valence-corrected chi connectivity index (χ0v) is 15.6. The van der Waals surface area contributed by atoms with Crippen LogP contribution in [0.15, 0.2) is 79.1 Å². The van der Waals surface area contributed by atoms with Crippen molar-refractivity contribution in [3.8, 4) is 0 Å². The molecule has 0 atom stereocenters. The number of nitrogens with one attached hydrogen (secondary N) is 1. The maximum absolute atomic E-state index is 13.2. The van der Waals surface area contributed by atoms with Crippen molar-refractivity contribution in [1.82, 2.24) is 0 Å². The van der Waals surface area contributed by atoms with E-state index in [1.54, 1.807) is 16.7 Å². The third-order valence-electron chi connectivity index (χ3n) is 4.16. The molecular formula is C22H20N2OS. The number of benzene rings is 2. The molecule has 3 nitrogen and oxygen atoms in total. The molecule has 0 unspecified atom stereocenters. The first-order valence-corrected chi connectivity index (χ1v) is 8.79. The number of anilines is 1. The average molecular weight is 360 g/mol. The number of nitrogens with zero attached hydrogens (tertiary/aromatic N) is 1. The molecule has 0 bridgehead atoms. The Kier molecular flexibility index (Phi) is 5.44. The van der Waals surface area contributed by atoms with Crippen LogP contribution in [-0.4, -0.2) is 4.99 Å². The van der Waals surface area contributed by atoms with Gasteiger partial charge in [0.2, 0.25) is 5.70 Å². The van der Waals surface area contributed by atoms with E-state index >= 15 is 0 Å². The number of pyridine rings is 1. The van der Waals surface area contributed by atoms with Gasteiger partial charge in [0.15, 0.2) is 17.4 Å². The van der Waals surface area contributed by atoms with Crippen LogP contribution in [-0.2, 0) is 0 Å². The van der Waals surface area contributed by atoms with Gasteiger partial charge in [0.25, 0.3) is 0 Å². The number of rotatable bonds is 4. The van der Waals surface area contributed by atoms with Crippen LogP contribution in [0.4, 0.5) is 5.69 Å². The van der Waals surface area contributed by atoms with Gasteiger partial charge in [-0.25, -0.2) is 0 Å². The Morgan fingerprint density at radius 2 is 1.42 bits per heavy atom. The van der Waals surface area contributed by atoms with E-state index in [-0.39, 0.29) is 5.76 Å². The number of hydrogen-bond acceptors (Lipinski definition) is 2. The lowest BCUT2D eigenvalue weighted by Gasteiger charge is -2.18. The van der Waals surface area contributed by atoms with E-state index in [1.807, 2.05) is 80.8 Å². The highest BCUT2D eigenvalue weighted by atomic mass is 32.1. The molecular weight excluding hydrogens is 340 g/mol. The second-order valence-electron chi connectivity index (χ2n) is 6.05.